The summed E-state index contributed by atoms with van der Waals surface area (Å²) in [6.07, 6.45) is 2.44. The topological polar surface area (TPSA) is 60.4 Å². The average Bonchev–Trinajstić information content (AvgIpc) is 2.38. The van der Waals surface area contributed by atoms with Gasteiger partial charge >= 0.3 is 10.1 Å². The van der Waals surface area contributed by atoms with Crippen LogP contribution in [-0.4, -0.2) is 38.5 Å². The Kier molecular flexibility index (Phi) is 4.51. The van der Waals surface area contributed by atoms with Gasteiger partial charge in [0.25, 0.3) is 0 Å². The van der Waals surface area contributed by atoms with Crippen molar-refractivity contribution in [1.29, 1.82) is 0 Å². The van der Waals surface area contributed by atoms with Gasteiger partial charge in [0.05, 0.1) is 4.90 Å². The average molecular weight is 312 g/mol. The SMILES string of the molecule is CC(=O)C1CCCC[N+]1(C)OS(=O)(=O)c1ccc(C)cc1. The first-order chi connectivity index (χ1) is 9.74. The normalized spacial score (nSPS) is 26.5. The van der Waals surface area contributed by atoms with Crippen LogP contribution in [-0.2, 0) is 19.2 Å². The van der Waals surface area contributed by atoms with Crippen LogP contribution < -0.4 is 0 Å². The molecule has 2 atom stereocenters. The minimum Gasteiger partial charge on any atom is -0.293 e. The van der Waals surface area contributed by atoms with E-state index in [4.69, 9.17) is 4.28 Å². The van der Waals surface area contributed by atoms with Gasteiger partial charge in [-0.15, -0.1) is 0 Å². The molecule has 5 nitrogen and oxygen atoms in total. The van der Waals surface area contributed by atoms with E-state index < -0.39 is 16.2 Å². The number of hydroxylamine groups is 3. The second-order valence-corrected chi connectivity index (χ2v) is 7.39. The molecule has 0 bridgehead atoms. The number of carbonyl (C=O) groups is 1. The smallest absolute Gasteiger partial charge is 0.293 e. The summed E-state index contributed by atoms with van der Waals surface area (Å²) < 4.78 is 30.1. The Balaban J connectivity index is 2.29. The number of rotatable bonds is 4. The number of hydrogen-bond acceptors (Lipinski definition) is 4. The Bertz CT molecular complexity index is 624. The fourth-order valence-corrected chi connectivity index (χ4v) is 4.02. The van der Waals surface area contributed by atoms with Crippen LogP contribution in [0.2, 0.25) is 0 Å². The number of likely N-dealkylation sites (tertiary alicyclic amines) is 1. The maximum absolute atomic E-state index is 12.4. The third-order valence-corrected chi connectivity index (χ3v) is 5.42. The molecular weight excluding hydrogens is 290 g/mol. The molecule has 1 aliphatic rings. The van der Waals surface area contributed by atoms with E-state index in [1.54, 1.807) is 19.2 Å². The van der Waals surface area contributed by atoms with Crippen molar-refractivity contribution in [2.75, 3.05) is 13.6 Å². The zero-order valence-corrected chi connectivity index (χ0v) is 13.5. The highest BCUT2D eigenvalue weighted by Gasteiger charge is 2.44. The molecule has 1 aromatic rings. The predicted molar refractivity (Wildman–Crippen MR) is 78.8 cm³/mol. The minimum atomic E-state index is -3.88. The van der Waals surface area contributed by atoms with E-state index in [1.807, 2.05) is 6.92 Å². The number of piperidine rings is 1. The van der Waals surface area contributed by atoms with E-state index in [0.717, 1.165) is 18.4 Å². The lowest BCUT2D eigenvalue weighted by atomic mass is 9.99. The van der Waals surface area contributed by atoms with Crippen LogP contribution in [0.5, 0.6) is 0 Å². The summed E-state index contributed by atoms with van der Waals surface area (Å²) >= 11 is 0. The molecule has 1 heterocycles. The fraction of sp³-hybridized carbons (Fsp3) is 0.533. The van der Waals surface area contributed by atoms with Crippen LogP contribution in [0, 0.1) is 6.92 Å². The molecule has 0 saturated carbocycles. The van der Waals surface area contributed by atoms with Crippen molar-refractivity contribution >= 4 is 15.9 Å². The number of hydrogen-bond donors (Lipinski definition) is 0. The Morgan fingerprint density at radius 3 is 2.43 bits per heavy atom. The highest BCUT2D eigenvalue weighted by Crippen LogP contribution is 2.28. The van der Waals surface area contributed by atoms with Gasteiger partial charge in [0.15, 0.2) is 11.8 Å². The van der Waals surface area contributed by atoms with Crippen molar-refractivity contribution in [2.45, 2.75) is 44.0 Å². The fourth-order valence-electron chi connectivity index (χ4n) is 2.84. The first kappa shape index (κ1) is 16.1. The molecular formula is C15H22NO4S+. The number of nitrogens with zero attached hydrogens (tertiary/aromatic N) is 1. The van der Waals surface area contributed by atoms with E-state index in [1.165, 1.54) is 19.1 Å². The molecule has 0 aliphatic carbocycles. The lowest BCUT2D eigenvalue weighted by molar-refractivity contribution is -1.08. The summed E-state index contributed by atoms with van der Waals surface area (Å²) in [6, 6.07) is 6.11. The van der Waals surface area contributed by atoms with Gasteiger partial charge < -0.3 is 0 Å². The Morgan fingerprint density at radius 2 is 1.86 bits per heavy atom. The van der Waals surface area contributed by atoms with Gasteiger partial charge in [-0.05, 0) is 31.9 Å². The van der Waals surface area contributed by atoms with Crippen molar-refractivity contribution in [1.82, 2.24) is 0 Å². The molecule has 1 aromatic carbocycles. The van der Waals surface area contributed by atoms with Crippen LogP contribution in [0.25, 0.3) is 0 Å². The van der Waals surface area contributed by atoms with Crippen molar-refractivity contribution in [3.05, 3.63) is 29.8 Å². The van der Waals surface area contributed by atoms with E-state index in [2.05, 4.69) is 0 Å². The molecule has 0 N–H and O–H groups in total. The monoisotopic (exact) mass is 312 g/mol. The van der Waals surface area contributed by atoms with E-state index in [-0.39, 0.29) is 15.3 Å². The summed E-state index contributed by atoms with van der Waals surface area (Å²) in [6.45, 7) is 3.91. The van der Waals surface area contributed by atoms with E-state index in [9.17, 15) is 13.2 Å². The van der Waals surface area contributed by atoms with Crippen molar-refractivity contribution in [3.8, 4) is 0 Å². The van der Waals surface area contributed by atoms with Crippen LogP contribution in [0.1, 0.15) is 31.7 Å². The Hall–Kier alpha value is -1.24. The van der Waals surface area contributed by atoms with Crippen LogP contribution in [0.3, 0.4) is 0 Å². The van der Waals surface area contributed by atoms with Gasteiger partial charge in [-0.1, -0.05) is 22.0 Å². The molecule has 0 aromatic heterocycles. The number of ketones is 1. The van der Waals surface area contributed by atoms with E-state index >= 15 is 0 Å². The van der Waals surface area contributed by atoms with Crippen LogP contribution >= 0.6 is 0 Å². The molecule has 2 unspecified atom stereocenters. The minimum absolute atomic E-state index is 0.0312. The van der Waals surface area contributed by atoms with Crippen molar-refractivity contribution < 1.29 is 22.1 Å². The number of benzene rings is 1. The molecule has 1 saturated heterocycles. The molecule has 1 fully saturated rings. The first-order valence-electron chi connectivity index (χ1n) is 7.13. The summed E-state index contributed by atoms with van der Waals surface area (Å²) in [5.41, 5.74) is 0.980. The van der Waals surface area contributed by atoms with Crippen molar-refractivity contribution in [3.63, 3.8) is 0 Å². The van der Waals surface area contributed by atoms with E-state index in [0.29, 0.717) is 13.0 Å². The standard InChI is InChI=1S/C15H22NO4S/c1-12-7-9-14(10-8-12)21(18,19)20-16(3)11-5-4-6-15(16)13(2)17/h7-10,15H,4-6,11H2,1-3H3/q+1. The van der Waals surface area contributed by atoms with Gasteiger partial charge in [0, 0.05) is 13.3 Å². The maximum Gasteiger partial charge on any atom is 0.342 e. The quantitative estimate of drug-likeness (QED) is 0.800. The molecule has 0 radical (unpaired) electrons. The molecule has 21 heavy (non-hydrogen) atoms. The number of aryl methyl sites for hydroxylation is 1. The maximum atomic E-state index is 12.4. The van der Waals surface area contributed by atoms with Crippen molar-refractivity contribution in [2.24, 2.45) is 0 Å². The molecule has 2 rings (SSSR count). The molecule has 116 valence electrons. The van der Waals surface area contributed by atoms with Gasteiger partial charge in [0.2, 0.25) is 0 Å². The molecule has 0 amide bonds. The molecule has 6 heteroatoms. The summed E-state index contributed by atoms with van der Waals surface area (Å²) in [5, 5.41) is 0. The Morgan fingerprint density at radius 1 is 1.24 bits per heavy atom. The predicted octanol–water partition coefficient (Wildman–Crippen LogP) is 2.20. The van der Waals surface area contributed by atoms with Gasteiger partial charge in [-0.3, -0.25) is 4.79 Å². The number of quaternary nitrogens is 1. The van der Waals surface area contributed by atoms with Crippen LogP contribution in [0.4, 0.5) is 0 Å². The zero-order valence-electron chi connectivity index (χ0n) is 12.7. The molecule has 0 spiro atoms. The first-order valence-corrected chi connectivity index (χ1v) is 8.54. The highest BCUT2D eigenvalue weighted by atomic mass is 32.2. The largest absolute Gasteiger partial charge is 0.342 e. The highest BCUT2D eigenvalue weighted by molar-refractivity contribution is 7.86. The lowest BCUT2D eigenvalue weighted by Crippen LogP contribution is -2.58. The number of carbonyl (C=O) groups excluding carboxylic acids is 1. The summed E-state index contributed by atoms with van der Waals surface area (Å²) in [4.78, 5) is 11.9. The molecule has 1 aliphatic heterocycles. The van der Waals surface area contributed by atoms with Gasteiger partial charge in [-0.2, -0.15) is 13.1 Å². The third-order valence-electron chi connectivity index (χ3n) is 4.04. The zero-order chi connectivity index (χ0) is 15.7. The third kappa shape index (κ3) is 3.51. The summed E-state index contributed by atoms with van der Waals surface area (Å²) in [5.74, 6) is -0.0312. The van der Waals surface area contributed by atoms with Gasteiger partial charge in [-0.25, -0.2) is 0 Å². The Labute approximate surface area is 126 Å². The number of likely N-dealkylation sites (N-methyl/N-ethyl adjacent to an activating group) is 1. The van der Waals surface area contributed by atoms with Crippen LogP contribution in [0.15, 0.2) is 29.2 Å². The second kappa shape index (κ2) is 5.87. The second-order valence-electron chi connectivity index (χ2n) is 5.86. The van der Waals surface area contributed by atoms with Gasteiger partial charge in [0.1, 0.15) is 13.6 Å². The summed E-state index contributed by atoms with van der Waals surface area (Å²) in [7, 11) is -2.20. The lowest BCUT2D eigenvalue weighted by Gasteiger charge is -2.39. The number of Topliss-reactive ketones (excluding diaryl/α,β-unsaturated/α-hetero) is 1.